The fraction of sp³-hybridized carbons (Fsp3) is 0.435. The van der Waals surface area contributed by atoms with Crippen LogP contribution in [0.15, 0.2) is 36.4 Å². The SMILES string of the molecule is CCOc1ccc(CN2CCC[C@H](C(=O)c3ccc(Cl)cc3C)C2)cc1CO. The number of ether oxygens (including phenoxy) is 1. The van der Waals surface area contributed by atoms with Crippen LogP contribution in [0.1, 0.15) is 46.8 Å². The Bertz CT molecular complexity index is 837. The van der Waals surface area contributed by atoms with Crippen LogP contribution in [0.2, 0.25) is 5.02 Å². The number of benzene rings is 2. The molecule has 0 amide bonds. The average Bonchev–Trinajstić information content (AvgIpc) is 2.69. The van der Waals surface area contributed by atoms with E-state index in [1.807, 2.05) is 44.2 Å². The summed E-state index contributed by atoms with van der Waals surface area (Å²) in [5, 5.41) is 10.3. The summed E-state index contributed by atoms with van der Waals surface area (Å²) in [6, 6.07) is 11.5. The van der Waals surface area contributed by atoms with Crippen LogP contribution in [-0.2, 0) is 13.2 Å². The normalized spacial score (nSPS) is 17.5. The number of aliphatic hydroxyl groups excluding tert-OH is 1. The van der Waals surface area contributed by atoms with Gasteiger partial charge in [-0.3, -0.25) is 9.69 Å². The molecule has 150 valence electrons. The van der Waals surface area contributed by atoms with Gasteiger partial charge in [0.2, 0.25) is 0 Å². The minimum Gasteiger partial charge on any atom is -0.494 e. The van der Waals surface area contributed by atoms with Crippen LogP contribution in [0.5, 0.6) is 5.75 Å². The van der Waals surface area contributed by atoms with Crippen LogP contribution < -0.4 is 4.74 Å². The van der Waals surface area contributed by atoms with Gasteiger partial charge in [-0.1, -0.05) is 17.7 Å². The second kappa shape index (κ2) is 9.55. The van der Waals surface area contributed by atoms with Gasteiger partial charge in [0.1, 0.15) is 5.75 Å². The van der Waals surface area contributed by atoms with Gasteiger partial charge in [0.15, 0.2) is 5.78 Å². The Morgan fingerprint density at radius 3 is 2.82 bits per heavy atom. The van der Waals surface area contributed by atoms with Gasteiger partial charge in [0.25, 0.3) is 0 Å². The molecule has 1 aliphatic rings. The van der Waals surface area contributed by atoms with E-state index in [4.69, 9.17) is 16.3 Å². The number of ketones is 1. The highest BCUT2D eigenvalue weighted by Crippen LogP contribution is 2.26. The summed E-state index contributed by atoms with van der Waals surface area (Å²) in [6.07, 6.45) is 1.93. The third-order valence-electron chi connectivity index (χ3n) is 5.33. The molecule has 4 nitrogen and oxygen atoms in total. The lowest BCUT2D eigenvalue weighted by Crippen LogP contribution is -2.38. The topological polar surface area (TPSA) is 49.8 Å². The lowest BCUT2D eigenvalue weighted by atomic mass is 9.88. The van der Waals surface area contributed by atoms with Crippen molar-refractivity contribution in [1.29, 1.82) is 0 Å². The molecule has 0 bridgehead atoms. The van der Waals surface area contributed by atoms with E-state index in [-0.39, 0.29) is 18.3 Å². The van der Waals surface area contributed by atoms with E-state index in [0.29, 0.717) is 11.6 Å². The standard InChI is InChI=1S/C23H28ClNO3/c1-3-28-22-9-6-17(12-19(22)15-26)13-25-10-4-5-18(14-25)23(27)21-8-7-20(24)11-16(21)2/h6-9,11-12,18,26H,3-5,10,13-15H2,1-2H3/t18-/m0/s1. The van der Waals surface area contributed by atoms with Crippen molar-refractivity contribution < 1.29 is 14.6 Å². The molecular formula is C23H28ClNO3. The predicted octanol–water partition coefficient (Wildman–Crippen LogP) is 4.63. The van der Waals surface area contributed by atoms with E-state index < -0.39 is 0 Å². The summed E-state index contributed by atoms with van der Waals surface area (Å²) in [7, 11) is 0. The first-order valence-electron chi connectivity index (χ1n) is 9.90. The number of aryl methyl sites for hydroxylation is 1. The first-order chi connectivity index (χ1) is 13.5. The predicted molar refractivity (Wildman–Crippen MR) is 112 cm³/mol. The average molecular weight is 402 g/mol. The summed E-state index contributed by atoms with van der Waals surface area (Å²) in [5.41, 5.74) is 3.65. The van der Waals surface area contributed by atoms with Crippen molar-refractivity contribution in [3.8, 4) is 5.75 Å². The maximum Gasteiger partial charge on any atom is 0.167 e. The number of hydrogen-bond donors (Lipinski definition) is 1. The Hall–Kier alpha value is -1.88. The molecule has 1 heterocycles. The Labute approximate surface area is 172 Å². The van der Waals surface area contributed by atoms with Crippen LogP contribution in [0, 0.1) is 12.8 Å². The van der Waals surface area contributed by atoms with Gasteiger partial charge in [-0.2, -0.15) is 0 Å². The second-order valence-electron chi connectivity index (χ2n) is 7.43. The zero-order valence-electron chi connectivity index (χ0n) is 16.6. The number of nitrogens with zero attached hydrogens (tertiary/aromatic N) is 1. The highest BCUT2D eigenvalue weighted by molar-refractivity contribution is 6.30. The monoisotopic (exact) mass is 401 g/mol. The number of carbonyl (C=O) groups excluding carboxylic acids is 1. The second-order valence-corrected chi connectivity index (χ2v) is 7.87. The van der Waals surface area contributed by atoms with E-state index in [1.165, 1.54) is 0 Å². The number of piperidine rings is 1. The number of halogens is 1. The van der Waals surface area contributed by atoms with E-state index in [9.17, 15) is 9.90 Å². The molecule has 2 aromatic carbocycles. The molecule has 3 rings (SSSR count). The number of aliphatic hydroxyl groups is 1. The number of likely N-dealkylation sites (tertiary alicyclic amines) is 1. The van der Waals surface area contributed by atoms with Gasteiger partial charge in [-0.25, -0.2) is 0 Å². The van der Waals surface area contributed by atoms with E-state index in [0.717, 1.165) is 60.5 Å². The summed E-state index contributed by atoms with van der Waals surface area (Å²) >= 11 is 6.03. The molecule has 1 fully saturated rings. The number of Topliss-reactive ketones (excluding diaryl/α,β-unsaturated/α-hetero) is 1. The molecular weight excluding hydrogens is 374 g/mol. The maximum absolute atomic E-state index is 13.0. The first kappa shape index (κ1) is 20.8. The lowest BCUT2D eigenvalue weighted by molar-refractivity contribution is 0.0811. The van der Waals surface area contributed by atoms with Gasteiger partial charge < -0.3 is 9.84 Å². The van der Waals surface area contributed by atoms with Crippen molar-refractivity contribution in [2.75, 3.05) is 19.7 Å². The summed E-state index contributed by atoms with van der Waals surface area (Å²) in [4.78, 5) is 15.4. The lowest BCUT2D eigenvalue weighted by Gasteiger charge is -2.32. The number of carbonyl (C=O) groups is 1. The zero-order valence-corrected chi connectivity index (χ0v) is 17.3. The quantitative estimate of drug-likeness (QED) is 0.687. The van der Waals surface area contributed by atoms with E-state index in [1.54, 1.807) is 6.07 Å². The van der Waals surface area contributed by atoms with E-state index in [2.05, 4.69) is 4.90 Å². The molecule has 0 saturated carbocycles. The number of rotatable bonds is 7. The van der Waals surface area contributed by atoms with Crippen LogP contribution in [0.25, 0.3) is 0 Å². The molecule has 1 aliphatic heterocycles. The highest BCUT2D eigenvalue weighted by atomic mass is 35.5. The molecule has 28 heavy (non-hydrogen) atoms. The van der Waals surface area contributed by atoms with Gasteiger partial charge in [0.05, 0.1) is 13.2 Å². The van der Waals surface area contributed by atoms with Crippen molar-refractivity contribution >= 4 is 17.4 Å². The molecule has 2 aromatic rings. The Balaban J connectivity index is 1.69. The van der Waals surface area contributed by atoms with Gasteiger partial charge in [0, 0.05) is 35.2 Å². The Kier molecular flexibility index (Phi) is 7.11. The highest BCUT2D eigenvalue weighted by Gasteiger charge is 2.27. The Morgan fingerprint density at radius 2 is 2.11 bits per heavy atom. The van der Waals surface area contributed by atoms with Crippen molar-refractivity contribution in [3.63, 3.8) is 0 Å². The van der Waals surface area contributed by atoms with Crippen molar-refractivity contribution in [3.05, 3.63) is 63.7 Å². The van der Waals surface area contributed by atoms with Gasteiger partial charge in [-0.15, -0.1) is 0 Å². The Morgan fingerprint density at radius 1 is 1.29 bits per heavy atom. The molecule has 0 unspecified atom stereocenters. The maximum atomic E-state index is 13.0. The van der Waals surface area contributed by atoms with Crippen molar-refractivity contribution in [2.45, 2.75) is 39.8 Å². The fourth-order valence-electron chi connectivity index (χ4n) is 3.95. The molecule has 5 heteroatoms. The first-order valence-corrected chi connectivity index (χ1v) is 10.3. The molecule has 1 atom stereocenters. The molecule has 0 spiro atoms. The molecule has 0 aromatic heterocycles. The molecule has 1 N–H and O–H groups in total. The van der Waals surface area contributed by atoms with Gasteiger partial charge in [-0.05, 0) is 74.7 Å². The minimum absolute atomic E-state index is 0.00800. The van der Waals surface area contributed by atoms with Crippen molar-refractivity contribution in [2.24, 2.45) is 5.92 Å². The molecule has 0 radical (unpaired) electrons. The summed E-state index contributed by atoms with van der Waals surface area (Å²) < 4.78 is 5.56. The van der Waals surface area contributed by atoms with Crippen LogP contribution in [-0.4, -0.2) is 35.5 Å². The van der Waals surface area contributed by atoms with Crippen LogP contribution >= 0.6 is 11.6 Å². The molecule has 0 aliphatic carbocycles. The third-order valence-corrected chi connectivity index (χ3v) is 5.57. The van der Waals surface area contributed by atoms with Crippen LogP contribution in [0.4, 0.5) is 0 Å². The smallest absolute Gasteiger partial charge is 0.167 e. The number of hydrogen-bond acceptors (Lipinski definition) is 4. The summed E-state index contributed by atoms with van der Waals surface area (Å²) in [6.45, 7) is 6.90. The largest absolute Gasteiger partial charge is 0.494 e. The van der Waals surface area contributed by atoms with Gasteiger partial charge >= 0.3 is 0 Å². The van der Waals surface area contributed by atoms with E-state index >= 15 is 0 Å². The van der Waals surface area contributed by atoms with Crippen molar-refractivity contribution in [1.82, 2.24) is 4.90 Å². The zero-order chi connectivity index (χ0) is 20.1. The minimum atomic E-state index is -0.0415. The van der Waals surface area contributed by atoms with Crippen LogP contribution in [0.3, 0.4) is 0 Å². The summed E-state index contributed by atoms with van der Waals surface area (Å²) in [5.74, 6) is 0.953. The fourth-order valence-corrected chi connectivity index (χ4v) is 4.17. The third kappa shape index (κ3) is 4.93. The molecule has 1 saturated heterocycles.